The number of hydrogen-bond acceptors (Lipinski definition) is 3. The van der Waals surface area contributed by atoms with Gasteiger partial charge >= 0.3 is 0 Å². The molecule has 0 aliphatic carbocycles. The Labute approximate surface area is 129 Å². The first-order chi connectivity index (χ1) is 9.02. The lowest BCUT2D eigenvalue weighted by Gasteiger charge is -2.19. The van der Waals surface area contributed by atoms with Crippen molar-refractivity contribution in [3.05, 3.63) is 50.6 Å². The number of benzene rings is 1. The van der Waals surface area contributed by atoms with E-state index in [1.54, 1.807) is 11.9 Å². The maximum absolute atomic E-state index is 12.4. The number of carbonyl (C=O) groups is 1. The molecule has 19 heavy (non-hydrogen) atoms. The highest BCUT2D eigenvalue weighted by Gasteiger charge is 2.20. The van der Waals surface area contributed by atoms with E-state index in [2.05, 4.69) is 15.9 Å². The zero-order valence-corrected chi connectivity index (χ0v) is 13.3. The standard InChI is InChI=1S/C13H11BrN2OS2/c1-16(13(17)11-9(14)6-7-19-11)10-5-3-2-4-8(10)12(15)18/h2-7H,1H3,(H2,15,18). The Morgan fingerprint density at radius 3 is 2.63 bits per heavy atom. The molecular weight excluding hydrogens is 344 g/mol. The summed E-state index contributed by atoms with van der Waals surface area (Å²) in [5, 5.41) is 1.87. The number of anilines is 1. The molecule has 1 heterocycles. The lowest BCUT2D eigenvalue weighted by Crippen LogP contribution is -2.28. The summed E-state index contributed by atoms with van der Waals surface area (Å²) in [5.41, 5.74) is 7.09. The predicted molar refractivity (Wildman–Crippen MR) is 87.1 cm³/mol. The molecule has 0 unspecified atom stereocenters. The van der Waals surface area contributed by atoms with Crippen molar-refractivity contribution in [3.8, 4) is 0 Å². The van der Waals surface area contributed by atoms with Crippen LogP contribution in [0.3, 0.4) is 0 Å². The number of halogens is 1. The Morgan fingerprint density at radius 2 is 2.05 bits per heavy atom. The van der Waals surface area contributed by atoms with Crippen molar-refractivity contribution in [3.63, 3.8) is 0 Å². The molecule has 2 rings (SSSR count). The van der Waals surface area contributed by atoms with Gasteiger partial charge in [0, 0.05) is 17.1 Å². The minimum atomic E-state index is -0.0921. The van der Waals surface area contributed by atoms with Gasteiger partial charge in [-0.2, -0.15) is 0 Å². The summed E-state index contributed by atoms with van der Waals surface area (Å²) in [7, 11) is 1.71. The summed E-state index contributed by atoms with van der Waals surface area (Å²) in [6, 6.07) is 9.19. The minimum absolute atomic E-state index is 0.0921. The third-order valence-corrected chi connectivity index (χ3v) is 4.69. The van der Waals surface area contributed by atoms with Crippen LogP contribution in [-0.4, -0.2) is 17.9 Å². The van der Waals surface area contributed by atoms with Crippen molar-refractivity contribution >= 4 is 56.1 Å². The highest BCUT2D eigenvalue weighted by atomic mass is 79.9. The van der Waals surface area contributed by atoms with Gasteiger partial charge in [0.15, 0.2) is 0 Å². The molecule has 1 aromatic carbocycles. The van der Waals surface area contributed by atoms with E-state index in [0.717, 1.165) is 4.47 Å². The van der Waals surface area contributed by atoms with Crippen molar-refractivity contribution in [2.75, 3.05) is 11.9 Å². The molecule has 0 saturated carbocycles. The van der Waals surface area contributed by atoms with Crippen LogP contribution < -0.4 is 10.6 Å². The number of carbonyl (C=O) groups excluding carboxylic acids is 1. The van der Waals surface area contributed by atoms with Crippen LogP contribution >= 0.6 is 39.5 Å². The number of nitrogens with two attached hydrogens (primary N) is 1. The second kappa shape index (κ2) is 5.81. The topological polar surface area (TPSA) is 46.3 Å². The maximum Gasteiger partial charge on any atom is 0.269 e. The normalized spacial score (nSPS) is 10.2. The van der Waals surface area contributed by atoms with E-state index in [1.807, 2.05) is 35.7 Å². The molecule has 0 saturated heterocycles. The van der Waals surface area contributed by atoms with Gasteiger partial charge < -0.3 is 10.6 Å². The number of nitrogens with zero attached hydrogens (tertiary/aromatic N) is 1. The van der Waals surface area contributed by atoms with Crippen LogP contribution in [0, 0.1) is 0 Å². The van der Waals surface area contributed by atoms with Gasteiger partial charge in [-0.25, -0.2) is 0 Å². The summed E-state index contributed by atoms with van der Waals surface area (Å²) >= 11 is 9.77. The maximum atomic E-state index is 12.4. The molecule has 0 aliphatic heterocycles. The van der Waals surface area contributed by atoms with Gasteiger partial charge in [-0.05, 0) is 39.5 Å². The smallest absolute Gasteiger partial charge is 0.269 e. The molecule has 2 aromatic rings. The van der Waals surface area contributed by atoms with Crippen LogP contribution in [0.4, 0.5) is 5.69 Å². The van der Waals surface area contributed by atoms with Gasteiger partial charge in [-0.1, -0.05) is 24.4 Å². The fraction of sp³-hybridized carbons (Fsp3) is 0.0769. The van der Waals surface area contributed by atoms with Crippen LogP contribution in [0.2, 0.25) is 0 Å². The van der Waals surface area contributed by atoms with Crippen LogP contribution in [0.5, 0.6) is 0 Å². The summed E-state index contributed by atoms with van der Waals surface area (Å²) in [5.74, 6) is -0.0921. The Morgan fingerprint density at radius 1 is 1.37 bits per heavy atom. The third-order valence-electron chi connectivity index (χ3n) is 2.65. The summed E-state index contributed by atoms with van der Waals surface area (Å²) in [6.45, 7) is 0. The second-order valence-corrected chi connectivity index (χ2v) is 6.05. The molecule has 3 nitrogen and oxygen atoms in total. The first-order valence-electron chi connectivity index (χ1n) is 5.42. The zero-order valence-electron chi connectivity index (χ0n) is 10.1. The van der Waals surface area contributed by atoms with Crippen LogP contribution in [0.15, 0.2) is 40.2 Å². The molecule has 6 heteroatoms. The van der Waals surface area contributed by atoms with Crippen molar-refractivity contribution in [1.29, 1.82) is 0 Å². The Bertz CT molecular complexity index is 639. The molecule has 1 aromatic heterocycles. The van der Waals surface area contributed by atoms with Gasteiger partial charge in [0.05, 0.1) is 5.69 Å². The molecule has 1 amide bonds. The lowest BCUT2D eigenvalue weighted by molar-refractivity contribution is 0.0996. The average molecular weight is 355 g/mol. The van der Waals surface area contributed by atoms with Crippen LogP contribution in [-0.2, 0) is 0 Å². The zero-order chi connectivity index (χ0) is 14.0. The van der Waals surface area contributed by atoms with E-state index in [-0.39, 0.29) is 10.9 Å². The van der Waals surface area contributed by atoms with Crippen LogP contribution in [0.25, 0.3) is 0 Å². The van der Waals surface area contributed by atoms with Crippen molar-refractivity contribution in [1.82, 2.24) is 0 Å². The van der Waals surface area contributed by atoms with Gasteiger partial charge in [0.25, 0.3) is 5.91 Å². The molecule has 0 aliphatic rings. The van der Waals surface area contributed by atoms with E-state index < -0.39 is 0 Å². The average Bonchev–Trinajstić information content (AvgIpc) is 2.83. The number of amides is 1. The number of rotatable bonds is 3. The largest absolute Gasteiger partial charge is 0.389 e. The molecular formula is C13H11BrN2OS2. The molecule has 0 radical (unpaired) electrons. The molecule has 0 fully saturated rings. The van der Waals surface area contributed by atoms with Crippen molar-refractivity contribution < 1.29 is 4.79 Å². The Kier molecular flexibility index (Phi) is 4.34. The predicted octanol–water partition coefficient (Wildman–Crippen LogP) is 3.42. The minimum Gasteiger partial charge on any atom is -0.389 e. The molecule has 0 bridgehead atoms. The highest BCUT2D eigenvalue weighted by Crippen LogP contribution is 2.27. The number of thiocarbonyl (C=S) groups is 1. The van der Waals surface area contributed by atoms with Gasteiger partial charge in [-0.3, -0.25) is 4.79 Å². The highest BCUT2D eigenvalue weighted by molar-refractivity contribution is 9.10. The van der Waals surface area contributed by atoms with E-state index in [1.165, 1.54) is 11.3 Å². The van der Waals surface area contributed by atoms with E-state index in [9.17, 15) is 4.79 Å². The quantitative estimate of drug-likeness (QED) is 0.859. The van der Waals surface area contributed by atoms with E-state index in [0.29, 0.717) is 16.1 Å². The fourth-order valence-corrected chi connectivity index (χ4v) is 3.37. The molecule has 0 atom stereocenters. The van der Waals surface area contributed by atoms with Gasteiger partial charge in [-0.15, -0.1) is 11.3 Å². The summed E-state index contributed by atoms with van der Waals surface area (Å²) in [6.07, 6.45) is 0. The third kappa shape index (κ3) is 2.86. The Hall–Kier alpha value is -1.24. The van der Waals surface area contributed by atoms with Crippen LogP contribution in [0.1, 0.15) is 15.2 Å². The van der Waals surface area contributed by atoms with Gasteiger partial charge in [0.1, 0.15) is 9.87 Å². The second-order valence-electron chi connectivity index (χ2n) is 3.84. The van der Waals surface area contributed by atoms with Gasteiger partial charge in [0.2, 0.25) is 0 Å². The molecule has 98 valence electrons. The SMILES string of the molecule is CN(C(=O)c1sccc1Br)c1ccccc1C(N)=S. The van der Waals surface area contributed by atoms with E-state index in [4.69, 9.17) is 18.0 Å². The van der Waals surface area contributed by atoms with Crippen molar-refractivity contribution in [2.45, 2.75) is 0 Å². The first-order valence-corrected chi connectivity index (χ1v) is 7.50. The monoisotopic (exact) mass is 354 g/mol. The Balaban J connectivity index is 2.40. The lowest BCUT2D eigenvalue weighted by atomic mass is 10.1. The number of thiophene rings is 1. The molecule has 0 spiro atoms. The van der Waals surface area contributed by atoms with Crippen molar-refractivity contribution in [2.24, 2.45) is 5.73 Å². The first kappa shape index (κ1) is 14.2. The fourth-order valence-electron chi connectivity index (χ4n) is 1.68. The number of hydrogen-bond donors (Lipinski definition) is 1. The number of para-hydroxylation sites is 1. The summed E-state index contributed by atoms with van der Waals surface area (Å²) < 4.78 is 0.794. The van der Waals surface area contributed by atoms with E-state index >= 15 is 0 Å². The summed E-state index contributed by atoms with van der Waals surface area (Å²) in [4.78, 5) is 14.9. The molecule has 2 N–H and O–H groups in total.